The molecular formula is C23H27N8O7S2+. The molecule has 2 aliphatic rings. The predicted octanol–water partition coefficient (Wildman–Crippen LogP) is -1.07. The average molecular weight is 592 g/mol. The number of fused-ring (bicyclic) bond motifs is 1. The van der Waals surface area contributed by atoms with Gasteiger partial charge in [-0.3, -0.25) is 14.5 Å². The van der Waals surface area contributed by atoms with Gasteiger partial charge in [-0.1, -0.05) is 5.16 Å². The predicted molar refractivity (Wildman–Crippen MR) is 143 cm³/mol. The summed E-state index contributed by atoms with van der Waals surface area (Å²) in [7, 11) is 0. The second kappa shape index (κ2) is 11.6. The number of oxime groups is 1. The van der Waals surface area contributed by atoms with Crippen molar-refractivity contribution in [2.45, 2.75) is 43.8 Å². The molecule has 2 aromatic heterocycles. The maximum absolute atomic E-state index is 13.2. The van der Waals surface area contributed by atoms with E-state index in [9.17, 15) is 29.4 Å². The fourth-order valence-corrected chi connectivity index (χ4v) is 5.65. The summed E-state index contributed by atoms with van der Waals surface area (Å²) in [4.78, 5) is 60.0. The highest BCUT2D eigenvalue weighted by Gasteiger charge is 2.55. The lowest BCUT2D eigenvalue weighted by atomic mass is 10.0. The van der Waals surface area contributed by atoms with E-state index in [0.29, 0.717) is 17.9 Å². The minimum absolute atomic E-state index is 0.0254. The number of aromatic nitrogens is 3. The first-order valence-corrected chi connectivity index (χ1v) is 13.7. The first-order valence-electron chi connectivity index (χ1n) is 11.9. The second-order valence-electron chi connectivity index (χ2n) is 9.34. The Morgan fingerprint density at radius 3 is 2.58 bits per heavy atom. The summed E-state index contributed by atoms with van der Waals surface area (Å²) in [5.74, 6) is -4.05. The summed E-state index contributed by atoms with van der Waals surface area (Å²) in [5, 5.41) is 24.8. The zero-order valence-corrected chi connectivity index (χ0v) is 23.1. The van der Waals surface area contributed by atoms with Crippen LogP contribution < -0.4 is 21.4 Å². The molecule has 2 atom stereocenters. The largest absolute Gasteiger partial charge is 0.478 e. The lowest BCUT2D eigenvalue weighted by Gasteiger charge is -2.49. The number of amides is 2. The van der Waals surface area contributed by atoms with E-state index in [1.165, 1.54) is 25.6 Å². The number of aliphatic carboxylic acids is 2. The molecule has 2 aromatic rings. The third-order valence-corrected chi connectivity index (χ3v) is 7.93. The lowest BCUT2D eigenvalue weighted by molar-refractivity contribution is -0.689. The number of pyridine rings is 1. The molecule has 0 unspecified atom stereocenters. The van der Waals surface area contributed by atoms with Gasteiger partial charge in [0, 0.05) is 35.0 Å². The van der Waals surface area contributed by atoms with Crippen LogP contribution in [0, 0.1) is 0 Å². The van der Waals surface area contributed by atoms with E-state index < -0.39 is 46.5 Å². The first kappa shape index (κ1) is 28.9. The van der Waals surface area contributed by atoms with Crippen molar-refractivity contribution >= 4 is 57.9 Å². The highest BCUT2D eigenvalue weighted by atomic mass is 32.2. The van der Waals surface area contributed by atoms with Gasteiger partial charge in [-0.25, -0.2) is 14.2 Å². The SMILES string of the molecule is CC(C)(O/N=C(\C(=O)N[C@@H]1C(=O)N2C(C(=O)O)=C(C[n+]3ccc(CCN)cc3)CS[C@H]12)c1nsc(N)n1)C(=O)O. The van der Waals surface area contributed by atoms with Crippen LogP contribution in [0.1, 0.15) is 25.2 Å². The van der Waals surface area contributed by atoms with E-state index in [1.807, 2.05) is 29.1 Å². The maximum atomic E-state index is 13.2. The molecule has 2 aliphatic heterocycles. The Kier molecular flexibility index (Phi) is 8.36. The summed E-state index contributed by atoms with van der Waals surface area (Å²) in [6, 6.07) is 2.72. The summed E-state index contributed by atoms with van der Waals surface area (Å²) >= 11 is 2.08. The number of carbonyl (C=O) groups excluding carboxylic acids is 2. The van der Waals surface area contributed by atoms with Crippen LogP contribution in [0.5, 0.6) is 0 Å². The molecule has 7 N–H and O–H groups in total. The van der Waals surface area contributed by atoms with Gasteiger partial charge < -0.3 is 31.8 Å². The number of hydrogen-bond donors (Lipinski definition) is 5. The molecule has 0 radical (unpaired) electrons. The van der Waals surface area contributed by atoms with E-state index in [4.69, 9.17) is 16.3 Å². The molecule has 0 bridgehead atoms. The van der Waals surface area contributed by atoms with Crippen LogP contribution in [0.2, 0.25) is 0 Å². The number of carboxylic acids is 2. The fraction of sp³-hybridized carbons (Fsp3) is 0.391. The average Bonchev–Trinajstić information content (AvgIpc) is 3.33. The molecule has 40 heavy (non-hydrogen) atoms. The number of nitrogens with one attached hydrogen (secondary N) is 1. The molecule has 1 fully saturated rings. The minimum atomic E-state index is -1.78. The van der Waals surface area contributed by atoms with E-state index in [0.717, 1.165) is 28.4 Å². The van der Waals surface area contributed by atoms with Gasteiger partial charge in [-0.2, -0.15) is 9.36 Å². The Labute approximate surface area is 236 Å². The van der Waals surface area contributed by atoms with Crippen molar-refractivity contribution in [1.29, 1.82) is 0 Å². The molecule has 0 saturated carbocycles. The van der Waals surface area contributed by atoms with Gasteiger partial charge in [0.15, 0.2) is 24.1 Å². The third kappa shape index (κ3) is 5.90. The van der Waals surface area contributed by atoms with Crippen LogP contribution in [0.25, 0.3) is 0 Å². The van der Waals surface area contributed by atoms with Crippen molar-refractivity contribution in [1.82, 2.24) is 19.6 Å². The second-order valence-corrected chi connectivity index (χ2v) is 11.2. The van der Waals surface area contributed by atoms with E-state index >= 15 is 0 Å². The highest BCUT2D eigenvalue weighted by Crippen LogP contribution is 2.40. The zero-order valence-electron chi connectivity index (χ0n) is 21.4. The normalized spacial score (nSPS) is 19.1. The number of carboxylic acid groups (broad SMARTS) is 2. The Morgan fingerprint density at radius 2 is 2.00 bits per heavy atom. The molecule has 4 heterocycles. The van der Waals surface area contributed by atoms with E-state index in [1.54, 1.807) is 0 Å². The molecule has 0 spiro atoms. The van der Waals surface area contributed by atoms with Gasteiger partial charge in [0.05, 0.1) is 0 Å². The van der Waals surface area contributed by atoms with Crippen LogP contribution in [0.4, 0.5) is 5.13 Å². The monoisotopic (exact) mass is 591 g/mol. The minimum Gasteiger partial charge on any atom is -0.478 e. The number of carbonyl (C=O) groups is 4. The highest BCUT2D eigenvalue weighted by molar-refractivity contribution is 8.00. The van der Waals surface area contributed by atoms with Crippen molar-refractivity contribution in [3.63, 3.8) is 0 Å². The molecule has 0 aromatic carbocycles. The molecule has 0 aliphatic carbocycles. The standard InChI is InChI=1S/C23H26N8O7S2/c1-23(2,21(36)37)38-28-13(16-27-22(25)40-29-16)17(32)26-14-18(33)31-15(20(34)35)12(10-39-19(14)31)9-30-7-4-11(3-6-24)5-8-30/h4-5,7-8,14,19H,3,6,9-10,24H2,1-2H3,(H4-,25,26,27,29,32,34,35,36,37)/p+1/b28-13-/t14-,19-/m1/s1. The van der Waals surface area contributed by atoms with Gasteiger partial charge in [0.1, 0.15) is 17.1 Å². The van der Waals surface area contributed by atoms with E-state index in [2.05, 4.69) is 19.8 Å². The number of nitrogens with zero attached hydrogens (tertiary/aromatic N) is 5. The Bertz CT molecular complexity index is 1410. The molecule has 15 nitrogen and oxygen atoms in total. The molecule has 1 saturated heterocycles. The lowest BCUT2D eigenvalue weighted by Crippen LogP contribution is -2.71. The topological polar surface area (TPSA) is 227 Å². The molecule has 17 heteroatoms. The van der Waals surface area contributed by atoms with Crippen molar-refractivity contribution in [3.05, 3.63) is 47.2 Å². The Hall–Kier alpha value is -4.09. The molecule has 212 valence electrons. The Morgan fingerprint density at radius 1 is 1.30 bits per heavy atom. The van der Waals surface area contributed by atoms with Crippen LogP contribution in [0.3, 0.4) is 0 Å². The molecular weight excluding hydrogens is 564 g/mol. The summed E-state index contributed by atoms with van der Waals surface area (Å²) < 4.78 is 5.74. The number of nitrogens with two attached hydrogens (primary N) is 2. The zero-order chi connectivity index (χ0) is 29.2. The number of anilines is 1. The van der Waals surface area contributed by atoms with Gasteiger partial charge in [-0.05, 0) is 32.4 Å². The van der Waals surface area contributed by atoms with Crippen LogP contribution in [-0.2, 0) is 37.0 Å². The van der Waals surface area contributed by atoms with E-state index in [-0.39, 0.29) is 23.2 Å². The summed E-state index contributed by atoms with van der Waals surface area (Å²) in [6.07, 6.45) is 4.37. The van der Waals surface area contributed by atoms with Gasteiger partial charge >= 0.3 is 11.9 Å². The van der Waals surface area contributed by atoms with Gasteiger partial charge in [-0.15, -0.1) is 11.8 Å². The van der Waals surface area contributed by atoms with Crippen molar-refractivity contribution in [2.75, 3.05) is 18.0 Å². The molecule has 2 amide bonds. The number of thioether (sulfide) groups is 1. The van der Waals surface area contributed by atoms with Crippen LogP contribution >= 0.6 is 23.3 Å². The quantitative estimate of drug-likeness (QED) is 0.0911. The summed E-state index contributed by atoms with van der Waals surface area (Å²) in [5.41, 5.74) is 10.4. The van der Waals surface area contributed by atoms with Gasteiger partial charge in [0.2, 0.25) is 17.1 Å². The Balaban J connectivity index is 1.53. The van der Waals surface area contributed by atoms with Crippen LogP contribution in [-0.4, -0.2) is 83.2 Å². The summed E-state index contributed by atoms with van der Waals surface area (Å²) in [6.45, 7) is 3.23. The smallest absolute Gasteiger partial charge is 0.352 e. The number of β-lactam (4-membered cyclic amide) rings is 1. The fourth-order valence-electron chi connectivity index (χ4n) is 3.88. The van der Waals surface area contributed by atoms with Crippen molar-refractivity contribution < 1.29 is 38.8 Å². The van der Waals surface area contributed by atoms with Gasteiger partial charge in [0.25, 0.3) is 11.8 Å². The van der Waals surface area contributed by atoms with Crippen LogP contribution in [0.15, 0.2) is 41.0 Å². The first-order chi connectivity index (χ1) is 18.9. The number of hydrogen-bond acceptors (Lipinski definition) is 12. The maximum Gasteiger partial charge on any atom is 0.352 e. The number of rotatable bonds is 11. The number of nitrogen functional groups attached to an aromatic ring is 1. The third-order valence-electron chi connectivity index (χ3n) is 6.05. The molecule has 4 rings (SSSR count). The van der Waals surface area contributed by atoms with Crippen molar-refractivity contribution in [2.24, 2.45) is 10.9 Å². The van der Waals surface area contributed by atoms with Crippen molar-refractivity contribution in [3.8, 4) is 0 Å².